The van der Waals surface area contributed by atoms with Crippen molar-refractivity contribution in [2.45, 2.75) is 52.4 Å². The molecular weight excluding hydrogens is 279 g/mol. The van der Waals surface area contributed by atoms with Crippen LogP contribution in [0.4, 0.5) is 13.2 Å². The standard InChI is InChI=1S/C16H24F3NO/c1-4-11-20-14(10-9-12(2)3)13-7-5-6-8-15(13)21-16(17,18)19/h5-8,12,14,20H,4,9-11H2,1-3H3. The van der Waals surface area contributed by atoms with E-state index in [4.69, 9.17) is 0 Å². The molecule has 2 nitrogen and oxygen atoms in total. The Labute approximate surface area is 124 Å². The van der Waals surface area contributed by atoms with E-state index < -0.39 is 6.36 Å². The highest BCUT2D eigenvalue weighted by atomic mass is 19.4. The lowest BCUT2D eigenvalue weighted by Gasteiger charge is -2.23. The summed E-state index contributed by atoms with van der Waals surface area (Å²) in [5.41, 5.74) is 0.573. The van der Waals surface area contributed by atoms with Crippen LogP contribution in [0.25, 0.3) is 0 Å². The molecule has 5 heteroatoms. The van der Waals surface area contributed by atoms with Crippen LogP contribution in [0.1, 0.15) is 51.6 Å². The molecule has 0 bridgehead atoms. The van der Waals surface area contributed by atoms with Gasteiger partial charge in [0.2, 0.25) is 0 Å². The van der Waals surface area contributed by atoms with Crippen LogP contribution < -0.4 is 10.1 Å². The van der Waals surface area contributed by atoms with Gasteiger partial charge in [0, 0.05) is 11.6 Å². The maximum absolute atomic E-state index is 12.5. The Hall–Kier alpha value is -1.23. The highest BCUT2D eigenvalue weighted by Gasteiger charge is 2.32. The third kappa shape index (κ3) is 6.85. The molecule has 0 spiro atoms. The maximum atomic E-state index is 12.5. The lowest BCUT2D eigenvalue weighted by molar-refractivity contribution is -0.275. The second kappa shape index (κ2) is 8.27. The zero-order valence-electron chi connectivity index (χ0n) is 12.8. The van der Waals surface area contributed by atoms with Crippen molar-refractivity contribution in [2.24, 2.45) is 5.92 Å². The number of para-hydroxylation sites is 1. The van der Waals surface area contributed by atoms with Gasteiger partial charge in [0.1, 0.15) is 5.75 Å². The number of ether oxygens (including phenoxy) is 1. The first-order valence-electron chi connectivity index (χ1n) is 7.41. The van der Waals surface area contributed by atoms with Crippen LogP contribution in [0.3, 0.4) is 0 Å². The molecule has 1 N–H and O–H groups in total. The summed E-state index contributed by atoms with van der Waals surface area (Å²) in [5.74, 6) is 0.397. The molecule has 1 atom stereocenters. The third-order valence-corrected chi connectivity index (χ3v) is 3.19. The minimum atomic E-state index is -4.66. The van der Waals surface area contributed by atoms with Crippen molar-refractivity contribution in [3.8, 4) is 5.75 Å². The maximum Gasteiger partial charge on any atom is 0.573 e. The summed E-state index contributed by atoms with van der Waals surface area (Å²) in [6.07, 6.45) is -2.00. The third-order valence-electron chi connectivity index (χ3n) is 3.19. The van der Waals surface area contributed by atoms with Gasteiger partial charge >= 0.3 is 6.36 Å². The summed E-state index contributed by atoms with van der Waals surface area (Å²) in [7, 11) is 0. The molecule has 0 aliphatic carbocycles. The molecule has 0 fully saturated rings. The Bertz CT molecular complexity index is 418. The molecule has 1 aromatic rings. The topological polar surface area (TPSA) is 21.3 Å². The van der Waals surface area contributed by atoms with Gasteiger partial charge in [-0.1, -0.05) is 39.0 Å². The van der Waals surface area contributed by atoms with Gasteiger partial charge in [0.05, 0.1) is 0 Å². The second-order valence-corrected chi connectivity index (χ2v) is 5.56. The van der Waals surface area contributed by atoms with Crippen LogP contribution in [-0.4, -0.2) is 12.9 Å². The molecule has 0 radical (unpaired) electrons. The molecule has 0 aromatic heterocycles. The first-order valence-corrected chi connectivity index (χ1v) is 7.41. The number of benzene rings is 1. The SMILES string of the molecule is CCCNC(CCC(C)C)c1ccccc1OC(F)(F)F. The summed E-state index contributed by atoms with van der Waals surface area (Å²) >= 11 is 0. The minimum Gasteiger partial charge on any atom is -0.405 e. The Morgan fingerprint density at radius 1 is 1.14 bits per heavy atom. The summed E-state index contributed by atoms with van der Waals surface area (Å²) in [6.45, 7) is 7.01. The number of alkyl halides is 3. The molecule has 120 valence electrons. The lowest BCUT2D eigenvalue weighted by atomic mass is 9.97. The summed E-state index contributed by atoms with van der Waals surface area (Å²) < 4.78 is 41.7. The summed E-state index contributed by atoms with van der Waals surface area (Å²) in [5, 5.41) is 3.32. The Morgan fingerprint density at radius 3 is 2.38 bits per heavy atom. The predicted molar refractivity (Wildman–Crippen MR) is 78.2 cm³/mol. The lowest BCUT2D eigenvalue weighted by Crippen LogP contribution is -2.25. The molecule has 0 saturated carbocycles. The van der Waals surface area contributed by atoms with Crippen LogP contribution in [-0.2, 0) is 0 Å². The molecule has 1 rings (SSSR count). The zero-order chi connectivity index (χ0) is 15.9. The monoisotopic (exact) mass is 303 g/mol. The van der Waals surface area contributed by atoms with Crippen molar-refractivity contribution in [3.63, 3.8) is 0 Å². The minimum absolute atomic E-state index is 0.109. The van der Waals surface area contributed by atoms with Crippen molar-refractivity contribution in [3.05, 3.63) is 29.8 Å². The van der Waals surface area contributed by atoms with Gasteiger partial charge in [-0.25, -0.2) is 0 Å². The normalized spacial score (nSPS) is 13.5. The first kappa shape index (κ1) is 17.8. The van der Waals surface area contributed by atoms with Gasteiger partial charge in [0.25, 0.3) is 0 Å². The second-order valence-electron chi connectivity index (χ2n) is 5.56. The van der Waals surface area contributed by atoms with Crippen LogP contribution in [0, 0.1) is 5.92 Å². The van der Waals surface area contributed by atoms with E-state index in [1.165, 1.54) is 6.07 Å². The fourth-order valence-corrected chi connectivity index (χ4v) is 2.17. The van der Waals surface area contributed by atoms with Gasteiger partial charge in [-0.15, -0.1) is 13.2 Å². The zero-order valence-corrected chi connectivity index (χ0v) is 12.8. The van der Waals surface area contributed by atoms with E-state index in [2.05, 4.69) is 23.9 Å². The first-order chi connectivity index (χ1) is 9.83. The van der Waals surface area contributed by atoms with Gasteiger partial charge in [-0.2, -0.15) is 0 Å². The fourth-order valence-electron chi connectivity index (χ4n) is 2.17. The van der Waals surface area contributed by atoms with Crippen LogP contribution in [0.2, 0.25) is 0 Å². The summed E-state index contributed by atoms with van der Waals surface area (Å²) in [6, 6.07) is 6.26. The largest absolute Gasteiger partial charge is 0.573 e. The fraction of sp³-hybridized carbons (Fsp3) is 0.625. The predicted octanol–water partition coefficient (Wildman–Crippen LogP) is 5.06. The van der Waals surface area contributed by atoms with Crippen molar-refractivity contribution in [1.29, 1.82) is 0 Å². The van der Waals surface area contributed by atoms with E-state index in [1.807, 2.05) is 6.92 Å². The Morgan fingerprint density at radius 2 is 1.81 bits per heavy atom. The molecule has 21 heavy (non-hydrogen) atoms. The van der Waals surface area contributed by atoms with Crippen LogP contribution in [0.5, 0.6) is 5.75 Å². The molecular formula is C16H24F3NO. The number of halogens is 3. The number of rotatable bonds is 8. The molecule has 1 unspecified atom stereocenters. The van der Waals surface area contributed by atoms with Crippen molar-refractivity contribution in [2.75, 3.05) is 6.54 Å². The van der Waals surface area contributed by atoms with Gasteiger partial charge in [-0.3, -0.25) is 0 Å². The van der Waals surface area contributed by atoms with Crippen molar-refractivity contribution >= 4 is 0 Å². The van der Waals surface area contributed by atoms with E-state index in [0.717, 1.165) is 25.8 Å². The summed E-state index contributed by atoms with van der Waals surface area (Å²) in [4.78, 5) is 0. The van der Waals surface area contributed by atoms with E-state index in [1.54, 1.807) is 18.2 Å². The van der Waals surface area contributed by atoms with Crippen molar-refractivity contribution < 1.29 is 17.9 Å². The molecule has 0 saturated heterocycles. The van der Waals surface area contributed by atoms with E-state index in [-0.39, 0.29) is 11.8 Å². The smallest absolute Gasteiger partial charge is 0.405 e. The number of hydrogen-bond acceptors (Lipinski definition) is 2. The average Bonchev–Trinajstić information content (AvgIpc) is 2.38. The Balaban J connectivity index is 2.94. The Kier molecular flexibility index (Phi) is 7.02. The van der Waals surface area contributed by atoms with Gasteiger partial charge in [-0.05, 0) is 37.8 Å². The number of hydrogen-bond donors (Lipinski definition) is 1. The molecule has 0 amide bonds. The molecule has 0 heterocycles. The number of nitrogens with one attached hydrogen (secondary N) is 1. The highest BCUT2D eigenvalue weighted by Crippen LogP contribution is 2.32. The molecule has 0 aliphatic heterocycles. The molecule has 0 aliphatic rings. The highest BCUT2D eigenvalue weighted by molar-refractivity contribution is 5.36. The van der Waals surface area contributed by atoms with E-state index >= 15 is 0 Å². The average molecular weight is 303 g/mol. The van der Waals surface area contributed by atoms with E-state index in [0.29, 0.717) is 11.5 Å². The van der Waals surface area contributed by atoms with Crippen molar-refractivity contribution in [1.82, 2.24) is 5.32 Å². The van der Waals surface area contributed by atoms with Gasteiger partial charge < -0.3 is 10.1 Å². The quantitative estimate of drug-likeness (QED) is 0.724. The van der Waals surface area contributed by atoms with Gasteiger partial charge in [0.15, 0.2) is 0 Å². The van der Waals surface area contributed by atoms with Crippen LogP contribution >= 0.6 is 0 Å². The van der Waals surface area contributed by atoms with E-state index in [9.17, 15) is 13.2 Å². The van der Waals surface area contributed by atoms with Crippen LogP contribution in [0.15, 0.2) is 24.3 Å². The molecule has 1 aromatic carbocycles.